The van der Waals surface area contributed by atoms with E-state index in [-0.39, 0.29) is 0 Å². The maximum Gasteiger partial charge on any atom is 0.0617 e. The van der Waals surface area contributed by atoms with E-state index in [4.69, 9.17) is 4.74 Å². The van der Waals surface area contributed by atoms with Gasteiger partial charge in [-0.2, -0.15) is 0 Å². The second-order valence-electron chi connectivity index (χ2n) is 5.84. The van der Waals surface area contributed by atoms with Gasteiger partial charge in [0.15, 0.2) is 0 Å². The molecule has 1 heterocycles. The van der Waals surface area contributed by atoms with Crippen molar-refractivity contribution < 1.29 is 4.74 Å². The predicted molar refractivity (Wildman–Crippen MR) is 77.1 cm³/mol. The molecule has 100 valence electrons. The van der Waals surface area contributed by atoms with E-state index in [2.05, 4.69) is 51.2 Å². The number of ether oxygens (including phenoxy) is 1. The highest BCUT2D eigenvalue weighted by Gasteiger charge is 2.24. The van der Waals surface area contributed by atoms with E-state index in [1.165, 1.54) is 16.8 Å². The molecule has 1 aromatic rings. The number of nitrogens with one attached hydrogen (secondary N) is 1. The maximum absolute atomic E-state index is 5.82. The third-order valence-electron chi connectivity index (χ3n) is 3.80. The summed E-state index contributed by atoms with van der Waals surface area (Å²) in [6.07, 6.45) is 2.63. The average molecular weight is 247 g/mol. The lowest BCUT2D eigenvalue weighted by atomic mass is 9.95. The van der Waals surface area contributed by atoms with Crippen molar-refractivity contribution in [2.24, 2.45) is 5.92 Å². The summed E-state index contributed by atoms with van der Waals surface area (Å²) in [7, 11) is 0. The Morgan fingerprint density at radius 1 is 1.28 bits per heavy atom. The van der Waals surface area contributed by atoms with Crippen LogP contribution in [0.5, 0.6) is 0 Å². The number of rotatable bonds is 3. The summed E-state index contributed by atoms with van der Waals surface area (Å²) in [4.78, 5) is 0. The molecular weight excluding hydrogens is 222 g/mol. The highest BCUT2D eigenvalue weighted by Crippen LogP contribution is 2.25. The number of anilines is 1. The molecule has 1 aliphatic heterocycles. The van der Waals surface area contributed by atoms with Crippen LogP contribution in [0.3, 0.4) is 0 Å². The van der Waals surface area contributed by atoms with E-state index in [0.29, 0.717) is 18.1 Å². The Labute approximate surface area is 111 Å². The zero-order chi connectivity index (χ0) is 13.1. The second-order valence-corrected chi connectivity index (χ2v) is 5.84. The van der Waals surface area contributed by atoms with E-state index < -0.39 is 0 Å². The summed E-state index contributed by atoms with van der Waals surface area (Å²) < 4.78 is 5.82. The molecule has 1 N–H and O–H groups in total. The quantitative estimate of drug-likeness (QED) is 0.874. The van der Waals surface area contributed by atoms with Crippen molar-refractivity contribution in [1.82, 2.24) is 0 Å². The van der Waals surface area contributed by atoms with Gasteiger partial charge in [-0.15, -0.1) is 0 Å². The Balaban J connectivity index is 2.00. The Morgan fingerprint density at radius 3 is 2.72 bits per heavy atom. The largest absolute Gasteiger partial charge is 0.382 e. The average Bonchev–Trinajstić information content (AvgIpc) is 2.33. The SMILES string of the molecule is Cc1ccc(NC2CCOC(C(C)C)C2)c(C)c1. The first-order valence-electron chi connectivity index (χ1n) is 7.01. The monoisotopic (exact) mass is 247 g/mol. The topological polar surface area (TPSA) is 21.3 Å². The van der Waals surface area contributed by atoms with E-state index >= 15 is 0 Å². The minimum Gasteiger partial charge on any atom is -0.382 e. The standard InChI is InChI=1S/C16H25NO/c1-11(2)16-10-14(7-8-18-16)17-15-6-5-12(3)9-13(15)4/h5-6,9,11,14,16-17H,7-8,10H2,1-4H3. The highest BCUT2D eigenvalue weighted by atomic mass is 16.5. The molecule has 1 saturated heterocycles. The lowest BCUT2D eigenvalue weighted by molar-refractivity contribution is -0.0160. The molecule has 18 heavy (non-hydrogen) atoms. The third-order valence-corrected chi connectivity index (χ3v) is 3.80. The van der Waals surface area contributed by atoms with Crippen LogP contribution < -0.4 is 5.32 Å². The number of hydrogen-bond acceptors (Lipinski definition) is 2. The van der Waals surface area contributed by atoms with Gasteiger partial charge < -0.3 is 10.1 Å². The molecule has 2 unspecified atom stereocenters. The molecule has 0 aliphatic carbocycles. The second kappa shape index (κ2) is 5.75. The molecule has 2 heteroatoms. The molecule has 1 fully saturated rings. The lowest BCUT2D eigenvalue weighted by Crippen LogP contribution is -2.36. The Bertz CT molecular complexity index is 400. The Morgan fingerprint density at radius 2 is 2.06 bits per heavy atom. The molecular formula is C16H25NO. The third kappa shape index (κ3) is 3.26. The van der Waals surface area contributed by atoms with Gasteiger partial charge in [0.05, 0.1) is 6.10 Å². The summed E-state index contributed by atoms with van der Waals surface area (Å²) in [5.74, 6) is 0.605. The maximum atomic E-state index is 5.82. The fourth-order valence-corrected chi connectivity index (χ4v) is 2.62. The summed E-state index contributed by atoms with van der Waals surface area (Å²) in [5, 5.41) is 3.68. The number of aryl methyl sites for hydroxylation is 2. The number of benzene rings is 1. The van der Waals surface area contributed by atoms with Crippen LogP contribution >= 0.6 is 0 Å². The first-order valence-corrected chi connectivity index (χ1v) is 7.01. The van der Waals surface area contributed by atoms with Crippen molar-refractivity contribution >= 4 is 5.69 Å². The van der Waals surface area contributed by atoms with Crippen molar-refractivity contribution in [3.05, 3.63) is 29.3 Å². The van der Waals surface area contributed by atoms with Crippen molar-refractivity contribution in [3.63, 3.8) is 0 Å². The van der Waals surface area contributed by atoms with Gasteiger partial charge in [0.2, 0.25) is 0 Å². The van der Waals surface area contributed by atoms with Crippen LogP contribution in [0.2, 0.25) is 0 Å². The van der Waals surface area contributed by atoms with E-state index in [1.54, 1.807) is 0 Å². The van der Waals surface area contributed by atoms with Gasteiger partial charge in [-0.05, 0) is 44.2 Å². The van der Waals surface area contributed by atoms with Crippen LogP contribution in [-0.4, -0.2) is 18.8 Å². The van der Waals surface area contributed by atoms with Crippen LogP contribution in [0, 0.1) is 19.8 Å². The highest BCUT2D eigenvalue weighted by molar-refractivity contribution is 5.52. The Hall–Kier alpha value is -1.02. The minimum atomic E-state index is 0.405. The van der Waals surface area contributed by atoms with Crippen LogP contribution in [0.4, 0.5) is 5.69 Å². The van der Waals surface area contributed by atoms with Gasteiger partial charge >= 0.3 is 0 Å². The molecule has 0 radical (unpaired) electrons. The number of hydrogen-bond donors (Lipinski definition) is 1. The molecule has 0 saturated carbocycles. The van der Waals surface area contributed by atoms with E-state index in [1.807, 2.05) is 0 Å². The molecule has 0 bridgehead atoms. The summed E-state index contributed by atoms with van der Waals surface area (Å²) in [6, 6.07) is 7.16. The van der Waals surface area contributed by atoms with Gasteiger partial charge in [0, 0.05) is 18.3 Å². The fourth-order valence-electron chi connectivity index (χ4n) is 2.62. The first-order chi connectivity index (χ1) is 8.56. The van der Waals surface area contributed by atoms with Crippen LogP contribution in [0.25, 0.3) is 0 Å². The summed E-state index contributed by atoms with van der Waals surface area (Å²) in [5.41, 5.74) is 3.93. The molecule has 0 spiro atoms. The Kier molecular flexibility index (Phi) is 4.28. The summed E-state index contributed by atoms with van der Waals surface area (Å²) in [6.45, 7) is 9.67. The van der Waals surface area contributed by atoms with Gasteiger partial charge in [0.1, 0.15) is 0 Å². The van der Waals surface area contributed by atoms with Crippen LogP contribution in [-0.2, 0) is 4.74 Å². The zero-order valence-electron chi connectivity index (χ0n) is 12.0. The molecule has 0 aromatic heterocycles. The van der Waals surface area contributed by atoms with Gasteiger partial charge in [-0.1, -0.05) is 31.5 Å². The zero-order valence-corrected chi connectivity index (χ0v) is 12.0. The molecule has 2 nitrogen and oxygen atoms in total. The van der Waals surface area contributed by atoms with Crippen molar-refractivity contribution in [3.8, 4) is 0 Å². The molecule has 2 rings (SSSR count). The molecule has 1 aliphatic rings. The molecule has 1 aromatic carbocycles. The minimum absolute atomic E-state index is 0.405. The van der Waals surface area contributed by atoms with Gasteiger partial charge in [-0.3, -0.25) is 0 Å². The van der Waals surface area contributed by atoms with Gasteiger partial charge in [-0.25, -0.2) is 0 Å². The van der Waals surface area contributed by atoms with Crippen molar-refractivity contribution in [1.29, 1.82) is 0 Å². The predicted octanol–water partition coefficient (Wildman–Crippen LogP) is 3.92. The summed E-state index contributed by atoms with van der Waals surface area (Å²) >= 11 is 0. The van der Waals surface area contributed by atoms with E-state index in [9.17, 15) is 0 Å². The van der Waals surface area contributed by atoms with Gasteiger partial charge in [0.25, 0.3) is 0 Å². The van der Waals surface area contributed by atoms with Crippen molar-refractivity contribution in [2.45, 2.75) is 52.7 Å². The lowest BCUT2D eigenvalue weighted by Gasteiger charge is -2.33. The molecule has 2 atom stereocenters. The normalized spacial score (nSPS) is 24.3. The smallest absolute Gasteiger partial charge is 0.0617 e. The van der Waals surface area contributed by atoms with Crippen LogP contribution in [0.1, 0.15) is 37.8 Å². The van der Waals surface area contributed by atoms with E-state index in [0.717, 1.165) is 19.4 Å². The van der Waals surface area contributed by atoms with Crippen molar-refractivity contribution in [2.75, 3.05) is 11.9 Å². The fraction of sp³-hybridized carbons (Fsp3) is 0.625. The molecule has 0 amide bonds. The first kappa shape index (κ1) is 13.4. The van der Waals surface area contributed by atoms with Crippen LogP contribution in [0.15, 0.2) is 18.2 Å².